The van der Waals surface area contributed by atoms with Crippen LogP contribution in [-0.4, -0.2) is 27.3 Å². The van der Waals surface area contributed by atoms with Crippen LogP contribution < -0.4 is 5.32 Å². The van der Waals surface area contributed by atoms with E-state index in [4.69, 9.17) is 4.42 Å². The number of hydrogen-bond acceptors (Lipinski definition) is 6. The van der Waals surface area contributed by atoms with Crippen molar-refractivity contribution in [3.05, 3.63) is 87.5 Å². The van der Waals surface area contributed by atoms with Crippen molar-refractivity contribution >= 4 is 35.1 Å². The first-order valence-corrected chi connectivity index (χ1v) is 12.7. The highest BCUT2D eigenvalue weighted by Crippen LogP contribution is 2.42. The van der Waals surface area contributed by atoms with E-state index in [1.807, 2.05) is 35.2 Å². The summed E-state index contributed by atoms with van der Waals surface area (Å²) < 4.78 is 5.97. The highest BCUT2D eigenvalue weighted by Gasteiger charge is 2.43. The Morgan fingerprint density at radius 2 is 1.89 bits per heavy atom. The number of non-ortho nitro benzene ring substituents is 1. The van der Waals surface area contributed by atoms with Crippen LogP contribution in [0.4, 0.5) is 11.4 Å². The van der Waals surface area contributed by atoms with Gasteiger partial charge in [-0.15, -0.1) is 0 Å². The highest BCUT2D eigenvalue weighted by atomic mass is 32.2. The second-order valence-electron chi connectivity index (χ2n) is 9.04. The first-order valence-electron chi connectivity index (χ1n) is 11.9. The van der Waals surface area contributed by atoms with Crippen LogP contribution in [0.25, 0.3) is 17.4 Å². The van der Waals surface area contributed by atoms with E-state index < -0.39 is 4.92 Å². The minimum Gasteiger partial charge on any atom is -0.457 e. The molecule has 1 saturated heterocycles. The van der Waals surface area contributed by atoms with Gasteiger partial charge in [-0.25, -0.2) is 0 Å². The molecule has 0 radical (unpaired) electrons. The Hall–Kier alpha value is -3.52. The summed E-state index contributed by atoms with van der Waals surface area (Å²) >= 11 is 1.50. The fourth-order valence-corrected chi connectivity index (χ4v) is 6.05. The molecular weight excluding hydrogens is 462 g/mol. The molecule has 0 spiro atoms. The maximum atomic E-state index is 13.6. The average molecular weight is 490 g/mol. The predicted molar refractivity (Wildman–Crippen MR) is 138 cm³/mol. The summed E-state index contributed by atoms with van der Waals surface area (Å²) in [7, 11) is 0. The van der Waals surface area contributed by atoms with Crippen LogP contribution in [0.15, 0.2) is 76.1 Å². The van der Waals surface area contributed by atoms with E-state index in [9.17, 15) is 14.9 Å². The van der Waals surface area contributed by atoms with Crippen LogP contribution in [0, 0.1) is 16.0 Å². The number of anilines is 1. The van der Waals surface area contributed by atoms with Crippen molar-refractivity contribution < 1.29 is 14.1 Å². The van der Waals surface area contributed by atoms with E-state index in [0.717, 1.165) is 24.9 Å². The van der Waals surface area contributed by atoms with Crippen LogP contribution in [0.1, 0.15) is 38.4 Å². The van der Waals surface area contributed by atoms with Gasteiger partial charge in [-0.05, 0) is 43.0 Å². The quantitative estimate of drug-likeness (QED) is 0.234. The Morgan fingerprint density at radius 1 is 1.09 bits per heavy atom. The number of furan rings is 1. The maximum Gasteiger partial charge on any atom is 0.270 e. The Kier molecular flexibility index (Phi) is 6.63. The lowest BCUT2D eigenvalue weighted by Gasteiger charge is -2.39. The largest absolute Gasteiger partial charge is 0.457 e. The van der Waals surface area contributed by atoms with Crippen LogP contribution in [-0.2, 0) is 4.79 Å². The minimum atomic E-state index is -0.427. The molecule has 2 fully saturated rings. The minimum absolute atomic E-state index is 0.00685. The van der Waals surface area contributed by atoms with Crippen molar-refractivity contribution in [1.29, 1.82) is 0 Å². The van der Waals surface area contributed by atoms with Crippen molar-refractivity contribution in [3.8, 4) is 11.3 Å². The SMILES string of the molecule is C[C@H]1CCCC[C@@H]1N1C(=O)/C(=C/c2ccc(-c3cccc([N+](=O)[O-])c3)o2)SC1Nc1ccccc1. The Balaban J connectivity index is 1.42. The number of hydrogen-bond donors (Lipinski definition) is 1. The summed E-state index contributed by atoms with van der Waals surface area (Å²) in [5.74, 6) is 1.51. The second kappa shape index (κ2) is 10.00. The molecule has 1 N–H and O–H groups in total. The molecule has 3 aromatic rings. The number of benzene rings is 2. The molecule has 35 heavy (non-hydrogen) atoms. The number of rotatable bonds is 6. The molecule has 8 heteroatoms. The number of nitro groups is 1. The second-order valence-corrected chi connectivity index (χ2v) is 10.2. The molecule has 7 nitrogen and oxygen atoms in total. The first-order chi connectivity index (χ1) is 17.0. The number of thioether (sulfide) groups is 1. The van der Waals surface area contributed by atoms with Crippen LogP contribution in [0.2, 0.25) is 0 Å². The lowest BCUT2D eigenvalue weighted by molar-refractivity contribution is -0.384. The van der Waals surface area contributed by atoms with Crippen molar-refractivity contribution in [2.45, 2.75) is 44.1 Å². The van der Waals surface area contributed by atoms with Gasteiger partial charge in [0.25, 0.3) is 11.6 Å². The van der Waals surface area contributed by atoms with Gasteiger partial charge in [0.05, 0.1) is 9.83 Å². The third-order valence-electron chi connectivity index (χ3n) is 6.67. The fourth-order valence-electron chi connectivity index (χ4n) is 4.85. The van der Waals surface area contributed by atoms with Crippen LogP contribution in [0.3, 0.4) is 0 Å². The molecule has 1 aliphatic carbocycles. The normalized spacial score (nSPS) is 23.6. The van der Waals surface area contributed by atoms with Crippen molar-refractivity contribution in [2.24, 2.45) is 5.92 Å². The smallest absolute Gasteiger partial charge is 0.270 e. The summed E-state index contributed by atoms with van der Waals surface area (Å²) in [6, 6.07) is 20.0. The first kappa shape index (κ1) is 23.2. The van der Waals surface area contributed by atoms with Gasteiger partial charge in [0.15, 0.2) is 5.50 Å². The van der Waals surface area contributed by atoms with Gasteiger partial charge < -0.3 is 14.6 Å². The van der Waals surface area contributed by atoms with Crippen molar-refractivity contribution in [2.75, 3.05) is 5.32 Å². The molecule has 1 unspecified atom stereocenters. The zero-order chi connectivity index (χ0) is 24.4. The lowest BCUT2D eigenvalue weighted by atomic mass is 9.85. The standard InChI is InChI=1S/C27H27N3O4S/c1-18-8-5-6-13-23(18)29-26(31)25(35-27(29)28-20-10-3-2-4-11-20)17-22-14-15-24(34-22)19-9-7-12-21(16-19)30(32)33/h2-4,7,9-12,14-18,23,27-28H,5-6,8,13H2,1H3/b25-17-/t18-,23-,27?/m0/s1. The Morgan fingerprint density at radius 3 is 2.66 bits per heavy atom. The maximum absolute atomic E-state index is 13.6. The molecule has 1 amide bonds. The highest BCUT2D eigenvalue weighted by molar-refractivity contribution is 8.05. The molecule has 2 aliphatic rings. The number of nitro benzene ring substituents is 1. The summed E-state index contributed by atoms with van der Waals surface area (Å²) in [5, 5.41) is 14.7. The van der Waals surface area contributed by atoms with Gasteiger partial charge >= 0.3 is 0 Å². The third kappa shape index (κ3) is 4.98. The van der Waals surface area contributed by atoms with Crippen LogP contribution >= 0.6 is 11.8 Å². The number of para-hydroxylation sites is 1. The van der Waals surface area contributed by atoms with E-state index in [-0.39, 0.29) is 23.1 Å². The molecule has 1 aliphatic heterocycles. The van der Waals surface area contributed by atoms with Gasteiger partial charge in [-0.1, -0.05) is 61.9 Å². The molecule has 2 aromatic carbocycles. The predicted octanol–water partition coefficient (Wildman–Crippen LogP) is 6.75. The summed E-state index contributed by atoms with van der Waals surface area (Å²) in [4.78, 5) is 27.0. The van der Waals surface area contributed by atoms with E-state index >= 15 is 0 Å². The molecule has 180 valence electrons. The molecule has 1 aromatic heterocycles. The van der Waals surface area contributed by atoms with Crippen LogP contribution in [0.5, 0.6) is 0 Å². The number of nitrogens with zero attached hydrogens (tertiary/aromatic N) is 2. The molecule has 2 heterocycles. The van der Waals surface area contributed by atoms with Crippen molar-refractivity contribution in [1.82, 2.24) is 4.90 Å². The monoisotopic (exact) mass is 489 g/mol. The lowest BCUT2D eigenvalue weighted by Crippen LogP contribution is -2.48. The van der Waals surface area contributed by atoms with Gasteiger partial charge in [0, 0.05) is 35.5 Å². The average Bonchev–Trinajstić information content (AvgIpc) is 3.45. The van der Waals surface area contributed by atoms with E-state index in [1.165, 1.54) is 30.3 Å². The summed E-state index contributed by atoms with van der Waals surface area (Å²) in [6.07, 6.45) is 6.25. The van der Waals surface area contributed by atoms with E-state index in [2.05, 4.69) is 12.2 Å². The Bertz CT molecular complexity index is 1260. The van der Waals surface area contributed by atoms with Gasteiger partial charge in [0.2, 0.25) is 0 Å². The Labute approximate surface area is 208 Å². The van der Waals surface area contributed by atoms with Gasteiger partial charge in [-0.3, -0.25) is 14.9 Å². The zero-order valence-corrected chi connectivity index (χ0v) is 20.2. The van der Waals surface area contributed by atoms with E-state index in [1.54, 1.807) is 30.3 Å². The number of carbonyl (C=O) groups is 1. The molecule has 5 rings (SSSR count). The third-order valence-corrected chi connectivity index (χ3v) is 7.78. The number of nitrogens with one attached hydrogen (secondary N) is 1. The zero-order valence-electron chi connectivity index (χ0n) is 19.4. The van der Waals surface area contributed by atoms with Crippen molar-refractivity contribution in [3.63, 3.8) is 0 Å². The summed E-state index contributed by atoms with van der Waals surface area (Å²) in [5.41, 5.74) is 1.40. The van der Waals surface area contributed by atoms with E-state index in [0.29, 0.717) is 27.9 Å². The molecular formula is C27H27N3O4S. The molecule has 0 bridgehead atoms. The number of amides is 1. The topological polar surface area (TPSA) is 88.6 Å². The van der Waals surface area contributed by atoms with Gasteiger partial charge in [0.1, 0.15) is 11.5 Å². The number of carbonyl (C=O) groups excluding carboxylic acids is 1. The summed E-state index contributed by atoms with van der Waals surface area (Å²) in [6.45, 7) is 2.24. The molecule has 1 saturated carbocycles. The molecule has 3 atom stereocenters. The fraction of sp³-hybridized carbons (Fsp3) is 0.296. The van der Waals surface area contributed by atoms with Gasteiger partial charge in [-0.2, -0.15) is 0 Å².